The zero-order chi connectivity index (χ0) is 19.9. The summed E-state index contributed by atoms with van der Waals surface area (Å²) in [7, 11) is 0. The monoisotopic (exact) mass is 376 g/mol. The molecule has 0 radical (unpaired) electrons. The van der Waals surface area contributed by atoms with Crippen molar-refractivity contribution in [3.63, 3.8) is 0 Å². The highest BCUT2D eigenvalue weighted by Gasteiger charge is 2.18. The van der Waals surface area contributed by atoms with Crippen molar-refractivity contribution >= 4 is 5.91 Å². The molecule has 2 N–H and O–H groups in total. The molecular weight excluding hydrogens is 340 g/mol. The molecule has 1 aliphatic carbocycles. The van der Waals surface area contributed by atoms with Crippen LogP contribution in [0.3, 0.4) is 0 Å². The Morgan fingerprint density at radius 2 is 1.81 bits per heavy atom. The van der Waals surface area contributed by atoms with Gasteiger partial charge in [0.2, 0.25) is 0 Å². The van der Waals surface area contributed by atoms with Crippen LogP contribution in [0.4, 0.5) is 0 Å². The van der Waals surface area contributed by atoms with Crippen molar-refractivity contribution in [2.24, 2.45) is 5.92 Å². The Morgan fingerprint density at radius 1 is 1.11 bits per heavy atom. The van der Waals surface area contributed by atoms with Gasteiger partial charge in [-0.1, -0.05) is 13.0 Å². The number of carbonyl (C=O) groups is 1. The van der Waals surface area contributed by atoms with Crippen LogP contribution in [0.1, 0.15) is 65.9 Å². The molecule has 5 heteroatoms. The molecule has 0 saturated heterocycles. The number of benzene rings is 1. The Morgan fingerprint density at radius 3 is 2.44 bits per heavy atom. The summed E-state index contributed by atoms with van der Waals surface area (Å²) in [6, 6.07) is 6.56. The van der Waals surface area contributed by atoms with Gasteiger partial charge < -0.3 is 20.1 Å². The van der Waals surface area contributed by atoms with Gasteiger partial charge in [0, 0.05) is 18.1 Å². The van der Waals surface area contributed by atoms with Crippen LogP contribution in [-0.2, 0) is 11.3 Å². The Bertz CT molecular complexity index is 602. The zero-order valence-corrected chi connectivity index (χ0v) is 17.6. The molecule has 0 spiro atoms. The molecule has 1 saturated carbocycles. The predicted molar refractivity (Wildman–Crippen MR) is 109 cm³/mol. The van der Waals surface area contributed by atoms with E-state index in [1.165, 1.54) is 31.2 Å². The average molecular weight is 377 g/mol. The summed E-state index contributed by atoms with van der Waals surface area (Å²) in [6.07, 6.45) is 5.13. The highest BCUT2D eigenvalue weighted by Crippen LogP contribution is 2.29. The second-order valence-electron chi connectivity index (χ2n) is 8.64. The first-order chi connectivity index (χ1) is 12.8. The van der Waals surface area contributed by atoms with Crippen molar-refractivity contribution in [1.29, 1.82) is 0 Å². The lowest BCUT2D eigenvalue weighted by atomic mass is 9.87. The minimum atomic E-state index is -0.268. The number of hydrogen-bond donors (Lipinski definition) is 2. The third-order valence-electron chi connectivity index (χ3n) is 4.79. The molecule has 1 amide bonds. The van der Waals surface area contributed by atoms with E-state index in [1.807, 2.05) is 45.9 Å². The summed E-state index contributed by atoms with van der Waals surface area (Å²) >= 11 is 0. The summed E-state index contributed by atoms with van der Waals surface area (Å²) in [5.41, 5.74) is 0.902. The van der Waals surface area contributed by atoms with Crippen LogP contribution in [0, 0.1) is 5.92 Å². The smallest absolute Gasteiger partial charge is 0.258 e. The highest BCUT2D eigenvalue weighted by atomic mass is 16.5. The molecule has 152 valence electrons. The van der Waals surface area contributed by atoms with Crippen LogP contribution in [0.5, 0.6) is 11.5 Å². The highest BCUT2D eigenvalue weighted by molar-refractivity contribution is 5.78. The molecule has 1 aromatic rings. The van der Waals surface area contributed by atoms with E-state index < -0.39 is 0 Å². The fourth-order valence-electron chi connectivity index (χ4n) is 3.37. The summed E-state index contributed by atoms with van der Waals surface area (Å²) in [6.45, 7) is 11.5. The van der Waals surface area contributed by atoms with Gasteiger partial charge in [-0.3, -0.25) is 4.79 Å². The van der Waals surface area contributed by atoms with Gasteiger partial charge in [0.05, 0.1) is 6.61 Å². The lowest BCUT2D eigenvalue weighted by Gasteiger charge is -2.27. The minimum Gasteiger partial charge on any atom is -0.490 e. The normalized spacial score (nSPS) is 20.2. The molecule has 2 rings (SSSR count). The first-order valence-corrected chi connectivity index (χ1v) is 10.2. The molecule has 1 fully saturated rings. The summed E-state index contributed by atoms with van der Waals surface area (Å²) in [5, 5.41) is 6.56. The number of hydrogen-bond acceptors (Lipinski definition) is 4. The molecule has 0 aromatic heterocycles. The lowest BCUT2D eigenvalue weighted by molar-refractivity contribution is -0.124. The average Bonchev–Trinajstić information content (AvgIpc) is 2.59. The van der Waals surface area contributed by atoms with Crippen molar-refractivity contribution < 1.29 is 14.3 Å². The number of nitrogens with one attached hydrogen (secondary N) is 2. The lowest BCUT2D eigenvalue weighted by Crippen LogP contribution is -2.43. The van der Waals surface area contributed by atoms with Gasteiger partial charge in [-0.2, -0.15) is 0 Å². The SMILES string of the molecule is CCOc1cc(CNC2CCC(C)CC2)ccc1OCC(=O)NC(C)(C)C. The van der Waals surface area contributed by atoms with Gasteiger partial charge in [-0.05, 0) is 77.0 Å². The molecule has 0 atom stereocenters. The molecule has 0 unspecified atom stereocenters. The van der Waals surface area contributed by atoms with Crippen molar-refractivity contribution in [2.75, 3.05) is 13.2 Å². The second kappa shape index (κ2) is 9.98. The summed E-state index contributed by atoms with van der Waals surface area (Å²) < 4.78 is 11.4. The van der Waals surface area contributed by atoms with Crippen LogP contribution in [0.15, 0.2) is 18.2 Å². The molecule has 27 heavy (non-hydrogen) atoms. The molecule has 5 nitrogen and oxygen atoms in total. The maximum Gasteiger partial charge on any atom is 0.258 e. The Labute approximate surface area is 164 Å². The van der Waals surface area contributed by atoms with Gasteiger partial charge in [-0.25, -0.2) is 0 Å². The molecule has 1 aliphatic rings. The number of carbonyl (C=O) groups excluding carboxylic acids is 1. The number of ether oxygens (including phenoxy) is 2. The molecule has 1 aromatic carbocycles. The van der Waals surface area contributed by atoms with E-state index in [0.717, 1.165) is 12.5 Å². The molecule has 0 heterocycles. The van der Waals surface area contributed by atoms with Crippen LogP contribution >= 0.6 is 0 Å². The third kappa shape index (κ3) is 7.79. The summed E-state index contributed by atoms with van der Waals surface area (Å²) in [5.74, 6) is 2.02. The van der Waals surface area contributed by atoms with Crippen molar-refractivity contribution in [2.45, 2.75) is 78.4 Å². The Kier molecular flexibility index (Phi) is 7.96. The van der Waals surface area contributed by atoms with E-state index in [4.69, 9.17) is 9.47 Å². The van der Waals surface area contributed by atoms with Gasteiger partial charge in [-0.15, -0.1) is 0 Å². The molecule has 0 bridgehead atoms. The Hall–Kier alpha value is -1.75. The standard InChI is InChI=1S/C22H36N2O3/c1-6-26-20-13-17(14-23-18-10-7-16(2)8-11-18)9-12-19(20)27-15-21(25)24-22(3,4)5/h9,12-13,16,18,23H,6-8,10-11,14-15H2,1-5H3,(H,24,25). The number of amides is 1. The maximum absolute atomic E-state index is 12.0. The van der Waals surface area contributed by atoms with Gasteiger partial charge in [0.25, 0.3) is 5.91 Å². The van der Waals surface area contributed by atoms with Gasteiger partial charge in [0.15, 0.2) is 18.1 Å². The third-order valence-corrected chi connectivity index (χ3v) is 4.79. The van der Waals surface area contributed by atoms with Crippen LogP contribution in [0.2, 0.25) is 0 Å². The van der Waals surface area contributed by atoms with Crippen molar-refractivity contribution in [3.05, 3.63) is 23.8 Å². The van der Waals surface area contributed by atoms with Crippen molar-refractivity contribution in [3.8, 4) is 11.5 Å². The fourth-order valence-corrected chi connectivity index (χ4v) is 3.37. The van der Waals surface area contributed by atoms with Crippen LogP contribution in [-0.4, -0.2) is 30.7 Å². The first kappa shape index (κ1) is 21.5. The van der Waals surface area contributed by atoms with E-state index in [1.54, 1.807) is 0 Å². The van der Waals surface area contributed by atoms with Crippen LogP contribution < -0.4 is 20.1 Å². The predicted octanol–water partition coefficient (Wildman–Crippen LogP) is 4.05. The first-order valence-electron chi connectivity index (χ1n) is 10.2. The van der Waals surface area contributed by atoms with E-state index >= 15 is 0 Å². The van der Waals surface area contributed by atoms with Gasteiger partial charge >= 0.3 is 0 Å². The van der Waals surface area contributed by atoms with E-state index in [0.29, 0.717) is 24.1 Å². The van der Waals surface area contributed by atoms with Gasteiger partial charge in [0.1, 0.15) is 0 Å². The van der Waals surface area contributed by atoms with E-state index in [2.05, 4.69) is 17.6 Å². The molecular formula is C22H36N2O3. The number of rotatable bonds is 8. The largest absolute Gasteiger partial charge is 0.490 e. The van der Waals surface area contributed by atoms with Crippen molar-refractivity contribution in [1.82, 2.24) is 10.6 Å². The topological polar surface area (TPSA) is 59.6 Å². The Balaban J connectivity index is 1.91. The van der Waals surface area contributed by atoms with E-state index in [9.17, 15) is 4.79 Å². The van der Waals surface area contributed by atoms with Crippen LogP contribution in [0.25, 0.3) is 0 Å². The quantitative estimate of drug-likeness (QED) is 0.719. The summed E-state index contributed by atoms with van der Waals surface area (Å²) in [4.78, 5) is 12.0. The zero-order valence-electron chi connectivity index (χ0n) is 17.6. The van der Waals surface area contributed by atoms with E-state index in [-0.39, 0.29) is 18.1 Å². The second-order valence-corrected chi connectivity index (χ2v) is 8.64. The molecule has 0 aliphatic heterocycles. The maximum atomic E-state index is 12.0. The minimum absolute atomic E-state index is 0.0187. The fraction of sp³-hybridized carbons (Fsp3) is 0.682.